The van der Waals surface area contributed by atoms with E-state index >= 15 is 0 Å². The van der Waals surface area contributed by atoms with Gasteiger partial charge in [0.05, 0.1) is 0 Å². The molecule has 1 aliphatic heterocycles. The third kappa shape index (κ3) is 4.83. The molecule has 19 heavy (non-hydrogen) atoms. The average molecular weight is 278 g/mol. The Hall–Kier alpha value is -0.510. The van der Waals surface area contributed by atoms with Gasteiger partial charge in [-0.2, -0.15) is 11.8 Å². The maximum atomic E-state index is 3.39. The minimum Gasteiger partial charge on any atom is -0.313 e. The van der Waals surface area contributed by atoms with Crippen LogP contribution in [0.15, 0.2) is 24.3 Å². The van der Waals surface area contributed by atoms with E-state index in [0.29, 0.717) is 0 Å². The Kier molecular flexibility index (Phi) is 6.21. The highest BCUT2D eigenvalue weighted by Crippen LogP contribution is 2.22. The predicted molar refractivity (Wildman–Crippen MR) is 85.6 cm³/mol. The Morgan fingerprint density at radius 2 is 2.16 bits per heavy atom. The maximum Gasteiger partial charge on any atom is 0.0234 e. The largest absolute Gasteiger partial charge is 0.313 e. The lowest BCUT2D eigenvalue weighted by Gasteiger charge is -2.31. The van der Waals surface area contributed by atoms with Gasteiger partial charge in [0.15, 0.2) is 0 Å². The molecule has 0 saturated carbocycles. The molecule has 2 rings (SSSR count). The lowest BCUT2D eigenvalue weighted by atomic mass is 10.1. The van der Waals surface area contributed by atoms with Crippen LogP contribution in [0.1, 0.15) is 31.4 Å². The quantitative estimate of drug-likeness (QED) is 0.860. The first kappa shape index (κ1) is 14.9. The molecule has 106 valence electrons. The number of nitrogens with zero attached hydrogens (tertiary/aromatic N) is 1. The second-order valence-electron chi connectivity index (χ2n) is 5.24. The summed E-state index contributed by atoms with van der Waals surface area (Å²) < 4.78 is 0. The van der Waals surface area contributed by atoms with Gasteiger partial charge in [-0.15, -0.1) is 0 Å². The first-order valence-electron chi connectivity index (χ1n) is 7.44. The summed E-state index contributed by atoms with van der Waals surface area (Å²) in [5.74, 6) is 1.29. The first-order valence-corrected chi connectivity index (χ1v) is 8.49. The van der Waals surface area contributed by atoms with Gasteiger partial charge in [0.1, 0.15) is 0 Å². The van der Waals surface area contributed by atoms with E-state index < -0.39 is 0 Å². The van der Waals surface area contributed by atoms with E-state index in [1.807, 2.05) is 0 Å². The van der Waals surface area contributed by atoms with Crippen molar-refractivity contribution in [1.82, 2.24) is 10.2 Å². The van der Waals surface area contributed by atoms with E-state index in [4.69, 9.17) is 0 Å². The fraction of sp³-hybridized carbons (Fsp3) is 0.625. The number of thioether (sulfide) groups is 1. The molecule has 1 aromatic carbocycles. The van der Waals surface area contributed by atoms with Gasteiger partial charge in [0.25, 0.3) is 0 Å². The molecule has 0 aliphatic carbocycles. The van der Waals surface area contributed by atoms with Crippen molar-refractivity contribution in [3.8, 4) is 0 Å². The molecule has 2 nitrogen and oxygen atoms in total. The van der Waals surface area contributed by atoms with Crippen LogP contribution in [-0.2, 0) is 13.1 Å². The molecule has 0 amide bonds. The van der Waals surface area contributed by atoms with Crippen LogP contribution in [0.3, 0.4) is 0 Å². The van der Waals surface area contributed by atoms with Gasteiger partial charge in [-0.3, -0.25) is 4.90 Å². The van der Waals surface area contributed by atoms with Crippen molar-refractivity contribution in [3.05, 3.63) is 35.4 Å². The monoisotopic (exact) mass is 278 g/mol. The SMILES string of the molecule is CCNCc1cccc(CN2CCSC(CC)C2)c1. The summed E-state index contributed by atoms with van der Waals surface area (Å²) in [5.41, 5.74) is 2.86. The lowest BCUT2D eigenvalue weighted by molar-refractivity contribution is 0.273. The predicted octanol–water partition coefficient (Wildman–Crippen LogP) is 3.12. The molecule has 3 heteroatoms. The third-order valence-electron chi connectivity index (χ3n) is 3.65. The summed E-state index contributed by atoms with van der Waals surface area (Å²) in [7, 11) is 0. The molecule has 0 bridgehead atoms. The number of hydrogen-bond donors (Lipinski definition) is 1. The molecule has 1 aromatic rings. The van der Waals surface area contributed by atoms with Crippen LogP contribution in [0.5, 0.6) is 0 Å². The summed E-state index contributed by atoms with van der Waals surface area (Å²) in [4.78, 5) is 2.61. The second-order valence-corrected chi connectivity index (χ2v) is 6.64. The van der Waals surface area contributed by atoms with Crippen LogP contribution in [0, 0.1) is 0 Å². The van der Waals surface area contributed by atoms with Crippen molar-refractivity contribution in [2.75, 3.05) is 25.4 Å². The van der Waals surface area contributed by atoms with Crippen molar-refractivity contribution in [1.29, 1.82) is 0 Å². The van der Waals surface area contributed by atoms with Gasteiger partial charge in [-0.25, -0.2) is 0 Å². The summed E-state index contributed by atoms with van der Waals surface area (Å²) in [6, 6.07) is 9.02. The van der Waals surface area contributed by atoms with E-state index in [1.54, 1.807) is 0 Å². The summed E-state index contributed by atoms with van der Waals surface area (Å²) in [6.45, 7) is 10.1. The van der Waals surface area contributed by atoms with Crippen LogP contribution >= 0.6 is 11.8 Å². The van der Waals surface area contributed by atoms with Gasteiger partial charge in [0, 0.05) is 37.2 Å². The number of benzene rings is 1. The normalized spacial score (nSPS) is 20.6. The molecule has 1 unspecified atom stereocenters. The fourth-order valence-electron chi connectivity index (χ4n) is 2.54. The zero-order chi connectivity index (χ0) is 13.5. The standard InChI is InChI=1S/C16H26N2S/c1-3-16-13-18(8-9-19-16)12-15-7-5-6-14(10-15)11-17-4-2/h5-7,10,16-17H,3-4,8-9,11-13H2,1-2H3. The molecular formula is C16H26N2S. The van der Waals surface area contributed by atoms with Gasteiger partial charge < -0.3 is 5.32 Å². The number of nitrogens with one attached hydrogen (secondary N) is 1. The minimum atomic E-state index is 0.832. The molecule has 1 saturated heterocycles. The molecule has 1 N–H and O–H groups in total. The topological polar surface area (TPSA) is 15.3 Å². The van der Waals surface area contributed by atoms with Gasteiger partial charge >= 0.3 is 0 Å². The average Bonchev–Trinajstić information content (AvgIpc) is 2.46. The van der Waals surface area contributed by atoms with Crippen molar-refractivity contribution in [2.24, 2.45) is 0 Å². The Morgan fingerprint density at radius 3 is 2.95 bits per heavy atom. The van der Waals surface area contributed by atoms with Crippen LogP contribution in [0.25, 0.3) is 0 Å². The molecule has 0 radical (unpaired) electrons. The second kappa shape index (κ2) is 7.93. The molecule has 1 fully saturated rings. The number of rotatable bonds is 6. The van der Waals surface area contributed by atoms with E-state index in [0.717, 1.165) is 24.9 Å². The van der Waals surface area contributed by atoms with E-state index in [9.17, 15) is 0 Å². The smallest absolute Gasteiger partial charge is 0.0234 e. The van der Waals surface area contributed by atoms with Gasteiger partial charge in [-0.1, -0.05) is 38.1 Å². The highest BCUT2D eigenvalue weighted by molar-refractivity contribution is 8.00. The molecular weight excluding hydrogens is 252 g/mol. The Balaban J connectivity index is 1.90. The van der Waals surface area contributed by atoms with Crippen LogP contribution in [0.4, 0.5) is 0 Å². The summed E-state index contributed by atoms with van der Waals surface area (Å²) >= 11 is 2.14. The Morgan fingerprint density at radius 1 is 1.32 bits per heavy atom. The molecule has 0 spiro atoms. The maximum absolute atomic E-state index is 3.39. The number of hydrogen-bond acceptors (Lipinski definition) is 3. The highest BCUT2D eigenvalue weighted by atomic mass is 32.2. The van der Waals surface area contributed by atoms with Crippen LogP contribution in [0.2, 0.25) is 0 Å². The summed E-state index contributed by atoms with van der Waals surface area (Å²) in [6.07, 6.45) is 1.29. The first-order chi connectivity index (χ1) is 9.31. The zero-order valence-corrected chi connectivity index (χ0v) is 13.0. The lowest BCUT2D eigenvalue weighted by Crippen LogP contribution is -2.37. The third-order valence-corrected chi connectivity index (χ3v) is 5.03. The fourth-order valence-corrected chi connectivity index (χ4v) is 3.79. The van der Waals surface area contributed by atoms with Crippen molar-refractivity contribution in [2.45, 2.75) is 38.6 Å². The Labute approximate surface area is 122 Å². The van der Waals surface area contributed by atoms with Gasteiger partial charge in [0.2, 0.25) is 0 Å². The summed E-state index contributed by atoms with van der Waals surface area (Å²) in [5, 5.41) is 4.23. The highest BCUT2D eigenvalue weighted by Gasteiger charge is 2.18. The van der Waals surface area contributed by atoms with Gasteiger partial charge in [-0.05, 0) is 24.1 Å². The van der Waals surface area contributed by atoms with Crippen molar-refractivity contribution in [3.63, 3.8) is 0 Å². The minimum absolute atomic E-state index is 0.832. The van der Waals surface area contributed by atoms with Crippen molar-refractivity contribution < 1.29 is 0 Å². The van der Waals surface area contributed by atoms with Crippen LogP contribution < -0.4 is 5.32 Å². The zero-order valence-electron chi connectivity index (χ0n) is 12.2. The molecule has 1 heterocycles. The molecule has 1 atom stereocenters. The van der Waals surface area contributed by atoms with Crippen molar-refractivity contribution >= 4 is 11.8 Å². The van der Waals surface area contributed by atoms with E-state index in [1.165, 1.54) is 36.4 Å². The molecule has 1 aliphatic rings. The molecule has 0 aromatic heterocycles. The Bertz CT molecular complexity index is 381. The van der Waals surface area contributed by atoms with E-state index in [-0.39, 0.29) is 0 Å². The van der Waals surface area contributed by atoms with Crippen LogP contribution in [-0.4, -0.2) is 35.5 Å². The van der Waals surface area contributed by atoms with E-state index in [2.05, 4.69) is 60.1 Å².